The lowest BCUT2D eigenvalue weighted by molar-refractivity contribution is 0.0773. The van der Waals surface area contributed by atoms with Gasteiger partial charge in [-0.1, -0.05) is 32.0 Å². The van der Waals surface area contributed by atoms with Crippen LogP contribution in [0.15, 0.2) is 47.4 Å². The summed E-state index contributed by atoms with van der Waals surface area (Å²) in [7, 11) is -3.73. The van der Waals surface area contributed by atoms with Crippen LogP contribution in [-0.2, 0) is 22.9 Å². The minimum Gasteiger partial charge on any atom is -0.339 e. The number of aryl methyl sites for hydroxylation is 2. The number of amides is 1. The smallest absolute Gasteiger partial charge is 0.261 e. The average molecular weight is 389 g/mol. The highest BCUT2D eigenvalue weighted by Crippen LogP contribution is 2.26. The van der Waals surface area contributed by atoms with Crippen LogP contribution in [0.2, 0.25) is 0 Å². The van der Waals surface area contributed by atoms with Gasteiger partial charge in [0, 0.05) is 18.7 Å². The van der Waals surface area contributed by atoms with E-state index in [1.165, 1.54) is 12.1 Å². The third kappa shape index (κ3) is 4.69. The van der Waals surface area contributed by atoms with Crippen molar-refractivity contribution in [3.63, 3.8) is 0 Å². The molecule has 1 amide bonds. The molecule has 0 aliphatic carbocycles. The zero-order chi connectivity index (χ0) is 20.0. The first kappa shape index (κ1) is 21.0. The van der Waals surface area contributed by atoms with E-state index in [1.54, 1.807) is 17.0 Å². The number of carbonyl (C=O) groups is 1. The number of nitrogens with zero attached hydrogens (tertiary/aromatic N) is 1. The van der Waals surface area contributed by atoms with Crippen molar-refractivity contribution < 1.29 is 13.2 Å². The highest BCUT2D eigenvalue weighted by Gasteiger charge is 2.19. The minimum atomic E-state index is -3.73. The van der Waals surface area contributed by atoms with E-state index in [1.807, 2.05) is 45.9 Å². The second-order valence-electron chi connectivity index (χ2n) is 6.27. The summed E-state index contributed by atoms with van der Waals surface area (Å²) >= 11 is 0. The third-order valence-corrected chi connectivity index (χ3v) is 6.06. The van der Waals surface area contributed by atoms with Gasteiger partial charge in [0.1, 0.15) is 0 Å². The Kier molecular flexibility index (Phi) is 7.02. The van der Waals surface area contributed by atoms with E-state index in [2.05, 4.69) is 4.72 Å². The lowest BCUT2D eigenvalue weighted by Crippen LogP contribution is -2.30. The number of anilines is 1. The molecule has 0 saturated carbocycles. The van der Waals surface area contributed by atoms with Gasteiger partial charge in [-0.2, -0.15) is 0 Å². The molecule has 0 fully saturated rings. The molecule has 0 unspecified atom stereocenters. The number of sulfonamides is 1. The second-order valence-corrected chi connectivity index (χ2v) is 7.95. The van der Waals surface area contributed by atoms with Crippen LogP contribution in [0.25, 0.3) is 0 Å². The molecule has 0 heterocycles. The van der Waals surface area contributed by atoms with Crippen LogP contribution in [0.3, 0.4) is 0 Å². The van der Waals surface area contributed by atoms with Crippen molar-refractivity contribution in [1.82, 2.24) is 4.90 Å². The van der Waals surface area contributed by atoms with Crippen LogP contribution in [0, 0.1) is 0 Å². The molecule has 0 atom stereocenters. The molecule has 0 bridgehead atoms. The SMILES string of the molecule is CCc1cccc(CC)c1NS(=O)(=O)c1ccc(C(=O)N(CC)CC)cc1. The van der Waals surface area contributed by atoms with Crippen LogP contribution in [0.1, 0.15) is 49.2 Å². The van der Waals surface area contributed by atoms with E-state index in [0.29, 0.717) is 24.3 Å². The molecule has 6 heteroatoms. The zero-order valence-corrected chi connectivity index (χ0v) is 17.3. The normalized spacial score (nSPS) is 11.3. The van der Waals surface area contributed by atoms with Gasteiger partial charge < -0.3 is 4.90 Å². The lowest BCUT2D eigenvalue weighted by Gasteiger charge is -2.19. The molecule has 0 aromatic heterocycles. The highest BCUT2D eigenvalue weighted by atomic mass is 32.2. The van der Waals surface area contributed by atoms with Crippen molar-refractivity contribution in [2.24, 2.45) is 0 Å². The summed E-state index contributed by atoms with van der Waals surface area (Å²) < 4.78 is 28.5. The van der Waals surface area contributed by atoms with Gasteiger partial charge in [-0.25, -0.2) is 8.42 Å². The number of nitrogens with one attached hydrogen (secondary N) is 1. The lowest BCUT2D eigenvalue weighted by atomic mass is 10.0. The molecular formula is C21H28N2O3S. The number of rotatable bonds is 8. The number of hydrogen-bond donors (Lipinski definition) is 1. The molecule has 1 N–H and O–H groups in total. The number of hydrogen-bond acceptors (Lipinski definition) is 3. The topological polar surface area (TPSA) is 66.5 Å². The maximum Gasteiger partial charge on any atom is 0.261 e. The fraction of sp³-hybridized carbons (Fsp3) is 0.381. The Morgan fingerprint density at radius 3 is 1.85 bits per heavy atom. The Morgan fingerprint density at radius 2 is 1.41 bits per heavy atom. The van der Waals surface area contributed by atoms with Crippen LogP contribution in [-0.4, -0.2) is 32.3 Å². The molecule has 0 spiro atoms. The summed E-state index contributed by atoms with van der Waals surface area (Å²) in [6, 6.07) is 11.9. The van der Waals surface area contributed by atoms with Crippen LogP contribution in [0.5, 0.6) is 0 Å². The molecule has 0 saturated heterocycles. The van der Waals surface area contributed by atoms with Crippen molar-refractivity contribution in [1.29, 1.82) is 0 Å². The summed E-state index contributed by atoms with van der Waals surface area (Å²) in [6.07, 6.45) is 1.48. The number of carbonyl (C=O) groups excluding carboxylic acids is 1. The van der Waals surface area contributed by atoms with Gasteiger partial charge in [-0.15, -0.1) is 0 Å². The first-order valence-electron chi connectivity index (χ1n) is 9.40. The summed E-state index contributed by atoms with van der Waals surface area (Å²) in [4.78, 5) is 14.2. The van der Waals surface area contributed by atoms with Crippen molar-refractivity contribution in [2.75, 3.05) is 17.8 Å². The quantitative estimate of drug-likeness (QED) is 0.740. The second kappa shape index (κ2) is 9.04. The number of para-hydroxylation sites is 1. The van der Waals surface area contributed by atoms with E-state index in [9.17, 15) is 13.2 Å². The molecule has 0 aliphatic heterocycles. The van der Waals surface area contributed by atoms with Gasteiger partial charge >= 0.3 is 0 Å². The van der Waals surface area contributed by atoms with Crippen molar-refractivity contribution >= 4 is 21.6 Å². The average Bonchev–Trinajstić information content (AvgIpc) is 2.68. The van der Waals surface area contributed by atoms with Crippen LogP contribution in [0.4, 0.5) is 5.69 Å². The molecule has 2 aromatic carbocycles. The zero-order valence-electron chi connectivity index (χ0n) is 16.5. The van der Waals surface area contributed by atoms with Crippen molar-refractivity contribution in [3.05, 3.63) is 59.2 Å². The number of benzene rings is 2. The van der Waals surface area contributed by atoms with E-state index >= 15 is 0 Å². The highest BCUT2D eigenvalue weighted by molar-refractivity contribution is 7.92. The Hall–Kier alpha value is -2.34. The van der Waals surface area contributed by atoms with Crippen LogP contribution >= 0.6 is 0 Å². The monoisotopic (exact) mass is 388 g/mol. The maximum absolute atomic E-state index is 12.9. The fourth-order valence-electron chi connectivity index (χ4n) is 3.04. The van der Waals surface area contributed by atoms with Gasteiger partial charge in [-0.05, 0) is 62.1 Å². The van der Waals surface area contributed by atoms with Gasteiger partial charge in [0.2, 0.25) is 0 Å². The summed E-state index contributed by atoms with van der Waals surface area (Å²) in [6.45, 7) is 9.07. The standard InChI is InChI=1S/C21H28N2O3S/c1-5-16-10-9-11-17(6-2)20(16)22-27(25,26)19-14-12-18(13-15-19)21(24)23(7-3)8-4/h9-15,22H,5-8H2,1-4H3. The Morgan fingerprint density at radius 1 is 0.889 bits per heavy atom. The van der Waals surface area contributed by atoms with Crippen molar-refractivity contribution in [2.45, 2.75) is 45.4 Å². The Balaban J connectivity index is 2.32. The van der Waals surface area contributed by atoms with Gasteiger partial charge in [0.05, 0.1) is 10.6 Å². The fourth-order valence-corrected chi connectivity index (χ4v) is 4.18. The molecule has 2 rings (SSSR count). The first-order valence-corrected chi connectivity index (χ1v) is 10.9. The molecular weight excluding hydrogens is 360 g/mol. The predicted octanol–water partition coefficient (Wildman–Crippen LogP) is 4.09. The maximum atomic E-state index is 12.9. The Labute approximate surface area is 162 Å². The molecule has 5 nitrogen and oxygen atoms in total. The first-order chi connectivity index (χ1) is 12.9. The molecule has 27 heavy (non-hydrogen) atoms. The van der Waals surface area contributed by atoms with Gasteiger partial charge in [-0.3, -0.25) is 9.52 Å². The predicted molar refractivity (Wildman–Crippen MR) is 110 cm³/mol. The molecule has 0 radical (unpaired) electrons. The van der Waals surface area contributed by atoms with E-state index in [-0.39, 0.29) is 10.8 Å². The summed E-state index contributed by atoms with van der Waals surface area (Å²) in [5.41, 5.74) is 3.07. The van der Waals surface area contributed by atoms with Gasteiger partial charge in [0.15, 0.2) is 0 Å². The van der Waals surface area contributed by atoms with Crippen LogP contribution < -0.4 is 4.72 Å². The minimum absolute atomic E-state index is 0.0958. The van der Waals surface area contributed by atoms with E-state index < -0.39 is 10.0 Å². The molecule has 146 valence electrons. The third-order valence-electron chi connectivity index (χ3n) is 4.70. The molecule has 2 aromatic rings. The van der Waals surface area contributed by atoms with E-state index in [4.69, 9.17) is 0 Å². The summed E-state index contributed by atoms with van der Waals surface area (Å²) in [5.74, 6) is -0.0958. The molecule has 0 aliphatic rings. The van der Waals surface area contributed by atoms with E-state index in [0.717, 1.165) is 24.0 Å². The summed E-state index contributed by atoms with van der Waals surface area (Å²) in [5, 5.41) is 0. The largest absolute Gasteiger partial charge is 0.339 e. The van der Waals surface area contributed by atoms with Gasteiger partial charge in [0.25, 0.3) is 15.9 Å². The Bertz CT molecular complexity index is 864. The van der Waals surface area contributed by atoms with Crippen molar-refractivity contribution in [3.8, 4) is 0 Å².